The van der Waals surface area contributed by atoms with Crippen LogP contribution in [0, 0.1) is 0 Å². The van der Waals surface area contributed by atoms with Crippen LogP contribution in [0.15, 0.2) is 0 Å². The van der Waals surface area contributed by atoms with E-state index >= 15 is 0 Å². The standard InChI is InChI=1S/C9H18Br3O3P/c1-7(10)4-14-16(13,6-9(3)12)15-5-8(2)11/h7-9H,4-6H2,1-3H3. The fraction of sp³-hybridized carbons (Fsp3) is 1.00. The Hall–Kier alpha value is 1.59. The van der Waals surface area contributed by atoms with Crippen LogP contribution in [0.4, 0.5) is 0 Å². The molecular formula is C9H18Br3O3P. The summed E-state index contributed by atoms with van der Waals surface area (Å²) in [6, 6.07) is 0. The average molecular weight is 445 g/mol. The first-order valence-electron chi connectivity index (χ1n) is 5.05. The molecule has 0 saturated carbocycles. The quantitative estimate of drug-likeness (QED) is 0.406. The second-order valence-corrected chi connectivity index (χ2v) is 10.5. The number of alkyl halides is 3. The average Bonchev–Trinajstić information content (AvgIpc) is 2.11. The van der Waals surface area contributed by atoms with E-state index in [1.165, 1.54) is 0 Å². The van der Waals surface area contributed by atoms with Crippen molar-refractivity contribution in [2.45, 2.75) is 35.3 Å². The topological polar surface area (TPSA) is 35.5 Å². The van der Waals surface area contributed by atoms with Crippen molar-refractivity contribution in [3.8, 4) is 0 Å². The van der Waals surface area contributed by atoms with Crippen molar-refractivity contribution < 1.29 is 13.6 Å². The number of hydrogen-bond donors (Lipinski definition) is 0. The SMILES string of the molecule is CC(Br)COP(=O)(CC(C)Br)OCC(C)Br. The van der Waals surface area contributed by atoms with Gasteiger partial charge in [-0.2, -0.15) is 0 Å². The minimum absolute atomic E-state index is 0.106. The van der Waals surface area contributed by atoms with Crippen molar-refractivity contribution in [3.05, 3.63) is 0 Å². The van der Waals surface area contributed by atoms with E-state index in [1.54, 1.807) is 0 Å². The largest absolute Gasteiger partial charge is 0.331 e. The highest BCUT2D eigenvalue weighted by molar-refractivity contribution is 9.10. The molecule has 3 unspecified atom stereocenters. The Morgan fingerprint density at radius 1 is 0.938 bits per heavy atom. The Morgan fingerprint density at radius 2 is 1.31 bits per heavy atom. The van der Waals surface area contributed by atoms with Crippen molar-refractivity contribution in [2.75, 3.05) is 19.4 Å². The lowest BCUT2D eigenvalue weighted by molar-refractivity contribution is 0.209. The van der Waals surface area contributed by atoms with Gasteiger partial charge in [-0.05, 0) is 0 Å². The van der Waals surface area contributed by atoms with Gasteiger partial charge >= 0.3 is 7.60 Å². The van der Waals surface area contributed by atoms with Crippen molar-refractivity contribution in [1.29, 1.82) is 0 Å². The fourth-order valence-electron chi connectivity index (χ4n) is 0.883. The molecule has 3 atom stereocenters. The van der Waals surface area contributed by atoms with Crippen molar-refractivity contribution >= 4 is 55.4 Å². The van der Waals surface area contributed by atoms with E-state index in [-0.39, 0.29) is 14.5 Å². The van der Waals surface area contributed by atoms with Crippen LogP contribution in [-0.2, 0) is 13.6 Å². The molecule has 0 aliphatic rings. The lowest BCUT2D eigenvalue weighted by Crippen LogP contribution is -2.13. The van der Waals surface area contributed by atoms with E-state index in [0.29, 0.717) is 19.4 Å². The monoisotopic (exact) mass is 442 g/mol. The van der Waals surface area contributed by atoms with E-state index in [0.717, 1.165) is 0 Å². The minimum atomic E-state index is -2.99. The molecule has 16 heavy (non-hydrogen) atoms. The molecule has 0 amide bonds. The summed E-state index contributed by atoms with van der Waals surface area (Å²) in [6.45, 7) is 6.57. The third-order valence-electron chi connectivity index (χ3n) is 1.48. The summed E-state index contributed by atoms with van der Waals surface area (Å²) < 4.78 is 23.1. The van der Waals surface area contributed by atoms with Gasteiger partial charge in [0.2, 0.25) is 0 Å². The van der Waals surface area contributed by atoms with E-state index in [9.17, 15) is 4.57 Å². The molecule has 0 fully saturated rings. The van der Waals surface area contributed by atoms with Gasteiger partial charge in [-0.25, -0.2) is 0 Å². The van der Waals surface area contributed by atoms with Crippen molar-refractivity contribution in [3.63, 3.8) is 0 Å². The maximum atomic E-state index is 12.3. The molecule has 7 heteroatoms. The Kier molecular flexibility index (Phi) is 9.51. The fourth-order valence-corrected chi connectivity index (χ4v) is 4.42. The number of rotatable bonds is 8. The van der Waals surface area contributed by atoms with Crippen molar-refractivity contribution in [1.82, 2.24) is 0 Å². The number of halogens is 3. The van der Waals surface area contributed by atoms with Crippen LogP contribution < -0.4 is 0 Å². The summed E-state index contributed by atoms with van der Waals surface area (Å²) >= 11 is 10.1. The molecule has 0 aromatic heterocycles. The van der Waals surface area contributed by atoms with Gasteiger partial charge in [-0.3, -0.25) is 4.57 Å². The van der Waals surface area contributed by atoms with Crippen LogP contribution in [0.3, 0.4) is 0 Å². The number of hydrogen-bond acceptors (Lipinski definition) is 3. The summed E-state index contributed by atoms with van der Waals surface area (Å²) in [5.74, 6) is 0. The lowest BCUT2D eigenvalue weighted by Gasteiger charge is -2.21. The van der Waals surface area contributed by atoms with Crippen LogP contribution in [-0.4, -0.2) is 33.9 Å². The van der Waals surface area contributed by atoms with Gasteiger partial charge in [0, 0.05) is 14.5 Å². The third-order valence-corrected chi connectivity index (χ3v) is 4.91. The lowest BCUT2D eigenvalue weighted by atomic mass is 10.5. The summed E-state index contributed by atoms with van der Waals surface area (Å²) in [5, 5.41) is 0. The van der Waals surface area contributed by atoms with Crippen LogP contribution in [0.2, 0.25) is 0 Å². The Labute approximate surface area is 123 Å². The van der Waals surface area contributed by atoms with E-state index in [4.69, 9.17) is 9.05 Å². The smallest absolute Gasteiger partial charge is 0.307 e. The zero-order chi connectivity index (χ0) is 12.8. The molecule has 0 rings (SSSR count). The van der Waals surface area contributed by atoms with Crippen LogP contribution >= 0.6 is 55.4 Å². The van der Waals surface area contributed by atoms with E-state index in [1.807, 2.05) is 20.8 Å². The maximum Gasteiger partial charge on any atom is 0.331 e. The highest BCUT2D eigenvalue weighted by Crippen LogP contribution is 2.50. The molecule has 0 spiro atoms. The van der Waals surface area contributed by atoms with Gasteiger partial charge in [-0.15, -0.1) is 0 Å². The van der Waals surface area contributed by atoms with Crippen LogP contribution in [0.5, 0.6) is 0 Å². The minimum Gasteiger partial charge on any atom is -0.307 e. The van der Waals surface area contributed by atoms with Gasteiger partial charge in [0.1, 0.15) is 0 Å². The normalized spacial score (nSPS) is 21.1. The summed E-state index contributed by atoms with van der Waals surface area (Å²) in [6.07, 6.45) is 0.381. The second kappa shape index (κ2) is 8.65. The van der Waals surface area contributed by atoms with E-state index in [2.05, 4.69) is 47.8 Å². The zero-order valence-electron chi connectivity index (χ0n) is 9.66. The Morgan fingerprint density at radius 3 is 1.56 bits per heavy atom. The zero-order valence-corrected chi connectivity index (χ0v) is 15.3. The van der Waals surface area contributed by atoms with Gasteiger partial charge < -0.3 is 9.05 Å². The molecule has 98 valence electrons. The first-order chi connectivity index (χ1) is 7.25. The molecule has 0 aliphatic carbocycles. The predicted molar refractivity (Wildman–Crippen MR) is 79.5 cm³/mol. The van der Waals surface area contributed by atoms with Gasteiger partial charge in [0.05, 0.1) is 19.4 Å². The second-order valence-electron chi connectivity index (χ2n) is 3.73. The third kappa shape index (κ3) is 9.60. The molecule has 0 N–H and O–H groups in total. The molecule has 0 bridgehead atoms. The summed E-state index contributed by atoms with van der Waals surface area (Å²) in [5.41, 5.74) is 0. The van der Waals surface area contributed by atoms with Gasteiger partial charge in [0.15, 0.2) is 0 Å². The van der Waals surface area contributed by atoms with Crippen molar-refractivity contribution in [2.24, 2.45) is 0 Å². The van der Waals surface area contributed by atoms with Gasteiger partial charge in [0.25, 0.3) is 0 Å². The first kappa shape index (κ1) is 17.6. The van der Waals surface area contributed by atoms with Crippen LogP contribution in [0.25, 0.3) is 0 Å². The van der Waals surface area contributed by atoms with E-state index < -0.39 is 7.60 Å². The Balaban J connectivity index is 4.30. The molecule has 3 nitrogen and oxygen atoms in total. The molecule has 0 aromatic carbocycles. The highest BCUT2D eigenvalue weighted by Gasteiger charge is 2.27. The predicted octanol–water partition coefficient (Wildman–Crippen LogP) is 4.56. The van der Waals surface area contributed by atoms with Gasteiger partial charge in [-0.1, -0.05) is 68.6 Å². The molecule has 0 aliphatic heterocycles. The summed E-state index contributed by atoms with van der Waals surface area (Å²) in [7, 11) is -2.99. The van der Waals surface area contributed by atoms with Crippen LogP contribution in [0.1, 0.15) is 20.8 Å². The summed E-state index contributed by atoms with van der Waals surface area (Å²) in [4.78, 5) is 0.433. The molecule has 0 aromatic rings. The highest BCUT2D eigenvalue weighted by atomic mass is 79.9. The maximum absolute atomic E-state index is 12.3. The first-order valence-corrected chi connectivity index (χ1v) is 9.53. The Bertz CT molecular complexity index is 218. The molecule has 0 radical (unpaired) electrons. The molecule has 0 heterocycles. The molecule has 0 saturated heterocycles. The molecular weight excluding hydrogens is 427 g/mol.